The largest absolute Gasteiger partial charge is 0.493 e. The van der Waals surface area contributed by atoms with Crippen LogP contribution in [0.1, 0.15) is 29.3 Å². The Bertz CT molecular complexity index is 1750. The molecule has 8 heteroatoms. The molecule has 0 fully saturated rings. The summed E-state index contributed by atoms with van der Waals surface area (Å²) in [4.78, 5) is 26.1. The molecule has 0 aliphatic rings. The van der Waals surface area contributed by atoms with Crippen LogP contribution >= 0.6 is 0 Å². The number of ether oxygens (including phenoxy) is 3. The quantitative estimate of drug-likeness (QED) is 0.137. The third kappa shape index (κ3) is 6.39. The zero-order valence-electron chi connectivity index (χ0n) is 23.9. The van der Waals surface area contributed by atoms with E-state index in [1.54, 1.807) is 68.8 Å². The van der Waals surface area contributed by atoms with Crippen LogP contribution in [0.25, 0.3) is 21.9 Å². The molecule has 1 unspecified atom stereocenters. The number of nitrogens with one attached hydrogen (secondary N) is 2. The Labute approximate surface area is 244 Å². The number of fused-ring (bicyclic) bond motifs is 2. The van der Waals surface area contributed by atoms with Gasteiger partial charge in [0.1, 0.15) is 17.9 Å². The first-order chi connectivity index (χ1) is 20.5. The standard InChI is InChI=1S/C34H34N2O6/c1-4-23(20-22-12-17-30(39-2)31(21-22)40-3)35-18-19-41-25-15-13-24(14-16-25)36-34(38)28-10-7-9-27-32(37)26-8-5-6-11-29(26)42-33(27)28/h5-17,21,23,35H,4,18-20H2,1-3H3,(H,36,38). The lowest BCUT2D eigenvalue weighted by molar-refractivity contribution is 0.102. The van der Waals surface area contributed by atoms with Gasteiger partial charge in [-0.2, -0.15) is 0 Å². The number of rotatable bonds is 12. The lowest BCUT2D eigenvalue weighted by Crippen LogP contribution is -2.33. The molecule has 8 nitrogen and oxygen atoms in total. The number of hydrogen-bond donors (Lipinski definition) is 2. The van der Waals surface area contributed by atoms with E-state index >= 15 is 0 Å². The highest BCUT2D eigenvalue weighted by atomic mass is 16.5. The Kier molecular flexibility index (Phi) is 9.04. The Balaban J connectivity index is 1.15. The van der Waals surface area contributed by atoms with Gasteiger partial charge < -0.3 is 29.3 Å². The van der Waals surface area contributed by atoms with E-state index in [0.29, 0.717) is 52.5 Å². The number of para-hydroxylation sites is 2. The lowest BCUT2D eigenvalue weighted by Gasteiger charge is -2.18. The van der Waals surface area contributed by atoms with Crippen LogP contribution in [-0.4, -0.2) is 39.3 Å². The normalized spacial score (nSPS) is 11.8. The first-order valence-corrected chi connectivity index (χ1v) is 13.9. The summed E-state index contributed by atoms with van der Waals surface area (Å²) in [7, 11) is 3.27. The minimum atomic E-state index is -0.364. The van der Waals surface area contributed by atoms with Gasteiger partial charge in [0, 0.05) is 18.3 Å². The molecule has 1 amide bonds. The maximum Gasteiger partial charge on any atom is 0.259 e. The van der Waals surface area contributed by atoms with Crippen LogP contribution in [0, 0.1) is 0 Å². The van der Waals surface area contributed by atoms with Crippen molar-refractivity contribution in [1.82, 2.24) is 5.32 Å². The minimum absolute atomic E-state index is 0.163. The number of benzene rings is 4. The number of carbonyl (C=O) groups is 1. The average Bonchev–Trinajstić information content (AvgIpc) is 3.03. The Morgan fingerprint density at radius 1 is 0.881 bits per heavy atom. The van der Waals surface area contributed by atoms with Crippen molar-refractivity contribution in [2.45, 2.75) is 25.8 Å². The van der Waals surface area contributed by atoms with E-state index < -0.39 is 0 Å². The zero-order chi connectivity index (χ0) is 29.5. The van der Waals surface area contributed by atoms with E-state index in [4.69, 9.17) is 18.6 Å². The van der Waals surface area contributed by atoms with E-state index in [1.807, 2.05) is 24.3 Å². The van der Waals surface area contributed by atoms with Crippen molar-refractivity contribution in [2.75, 3.05) is 32.7 Å². The molecular weight excluding hydrogens is 532 g/mol. The van der Waals surface area contributed by atoms with Crippen molar-refractivity contribution in [3.63, 3.8) is 0 Å². The Hall–Kier alpha value is -4.82. The highest BCUT2D eigenvalue weighted by Gasteiger charge is 2.16. The summed E-state index contributed by atoms with van der Waals surface area (Å²) in [5, 5.41) is 7.29. The van der Waals surface area contributed by atoms with E-state index in [9.17, 15) is 9.59 Å². The van der Waals surface area contributed by atoms with E-state index in [-0.39, 0.29) is 16.9 Å². The second kappa shape index (κ2) is 13.2. The lowest BCUT2D eigenvalue weighted by atomic mass is 10.0. The van der Waals surface area contributed by atoms with Gasteiger partial charge in [-0.25, -0.2) is 0 Å². The molecule has 0 radical (unpaired) electrons. The molecule has 1 heterocycles. The van der Waals surface area contributed by atoms with Crippen LogP contribution in [0.4, 0.5) is 5.69 Å². The van der Waals surface area contributed by atoms with E-state index in [0.717, 1.165) is 24.3 Å². The predicted molar refractivity (Wildman–Crippen MR) is 165 cm³/mol. The average molecular weight is 567 g/mol. The summed E-state index contributed by atoms with van der Waals surface area (Å²) in [6, 6.07) is 25.5. The SMILES string of the molecule is CCC(Cc1ccc(OC)c(OC)c1)NCCOc1ccc(NC(=O)c2cccc3c(=O)c4ccccc4oc23)cc1. The number of anilines is 1. The highest BCUT2D eigenvalue weighted by molar-refractivity contribution is 6.12. The van der Waals surface area contributed by atoms with Crippen LogP contribution in [0.15, 0.2) is 94.1 Å². The van der Waals surface area contributed by atoms with Gasteiger partial charge in [-0.15, -0.1) is 0 Å². The van der Waals surface area contributed by atoms with Crippen molar-refractivity contribution >= 4 is 33.5 Å². The predicted octanol–water partition coefficient (Wildman–Crippen LogP) is 6.21. The van der Waals surface area contributed by atoms with E-state index in [2.05, 4.69) is 23.6 Å². The molecule has 1 aromatic heterocycles. The number of amides is 1. The second-order valence-electron chi connectivity index (χ2n) is 9.89. The number of methoxy groups -OCH3 is 2. The number of carbonyl (C=O) groups excluding carboxylic acids is 1. The molecular formula is C34H34N2O6. The summed E-state index contributed by atoms with van der Waals surface area (Å²) in [5.74, 6) is 1.78. The molecule has 0 spiro atoms. The smallest absolute Gasteiger partial charge is 0.259 e. The third-order valence-electron chi connectivity index (χ3n) is 7.19. The van der Waals surface area contributed by atoms with Crippen molar-refractivity contribution in [1.29, 1.82) is 0 Å². The van der Waals surface area contributed by atoms with Gasteiger partial charge in [0.2, 0.25) is 5.43 Å². The van der Waals surface area contributed by atoms with Gasteiger partial charge in [0.05, 0.1) is 30.6 Å². The third-order valence-corrected chi connectivity index (χ3v) is 7.19. The molecule has 4 aromatic carbocycles. The molecule has 5 aromatic rings. The molecule has 42 heavy (non-hydrogen) atoms. The molecule has 0 saturated carbocycles. The first-order valence-electron chi connectivity index (χ1n) is 13.9. The van der Waals surface area contributed by atoms with Crippen LogP contribution in [0.2, 0.25) is 0 Å². The summed E-state index contributed by atoms with van der Waals surface area (Å²) >= 11 is 0. The summed E-state index contributed by atoms with van der Waals surface area (Å²) < 4.78 is 22.6. The van der Waals surface area contributed by atoms with Crippen LogP contribution in [0.5, 0.6) is 17.2 Å². The molecule has 1 atom stereocenters. The highest BCUT2D eigenvalue weighted by Crippen LogP contribution is 2.28. The van der Waals surface area contributed by atoms with Gasteiger partial charge >= 0.3 is 0 Å². The molecule has 0 aliphatic heterocycles. The molecule has 216 valence electrons. The molecule has 0 bridgehead atoms. The van der Waals surface area contributed by atoms with Crippen molar-refractivity contribution in [2.24, 2.45) is 0 Å². The molecule has 0 aliphatic carbocycles. The van der Waals surface area contributed by atoms with Gasteiger partial charge in [0.15, 0.2) is 17.1 Å². The number of hydrogen-bond acceptors (Lipinski definition) is 7. The van der Waals surface area contributed by atoms with E-state index in [1.165, 1.54) is 5.56 Å². The van der Waals surface area contributed by atoms with Gasteiger partial charge in [-0.1, -0.05) is 31.2 Å². The molecule has 2 N–H and O–H groups in total. The van der Waals surface area contributed by atoms with Crippen molar-refractivity contribution in [3.8, 4) is 17.2 Å². The summed E-state index contributed by atoms with van der Waals surface area (Å²) in [6.45, 7) is 3.34. The van der Waals surface area contributed by atoms with Gasteiger partial charge in [-0.05, 0) is 79.1 Å². The molecule has 5 rings (SSSR count). The summed E-state index contributed by atoms with van der Waals surface area (Å²) in [6.07, 6.45) is 1.83. The fraction of sp³-hybridized carbons (Fsp3) is 0.235. The fourth-order valence-corrected chi connectivity index (χ4v) is 4.92. The summed E-state index contributed by atoms with van der Waals surface area (Å²) in [5.41, 5.74) is 2.61. The fourth-order valence-electron chi connectivity index (χ4n) is 4.92. The van der Waals surface area contributed by atoms with Gasteiger partial charge in [-0.3, -0.25) is 9.59 Å². The minimum Gasteiger partial charge on any atom is -0.493 e. The van der Waals surface area contributed by atoms with Crippen LogP contribution in [0.3, 0.4) is 0 Å². The topological polar surface area (TPSA) is 99.0 Å². The van der Waals surface area contributed by atoms with Crippen molar-refractivity contribution < 1.29 is 23.4 Å². The van der Waals surface area contributed by atoms with Crippen molar-refractivity contribution in [3.05, 3.63) is 106 Å². The van der Waals surface area contributed by atoms with Gasteiger partial charge in [0.25, 0.3) is 5.91 Å². The molecule has 0 saturated heterocycles. The van der Waals surface area contributed by atoms with Crippen LogP contribution < -0.4 is 30.3 Å². The maximum atomic E-state index is 13.1. The first kappa shape index (κ1) is 28.7. The monoisotopic (exact) mass is 566 g/mol. The Morgan fingerprint density at radius 3 is 2.40 bits per heavy atom. The zero-order valence-corrected chi connectivity index (χ0v) is 23.9. The van der Waals surface area contributed by atoms with Crippen LogP contribution in [-0.2, 0) is 6.42 Å². The second-order valence-corrected chi connectivity index (χ2v) is 9.89. The maximum absolute atomic E-state index is 13.1. The Morgan fingerprint density at radius 2 is 1.64 bits per heavy atom.